The Kier molecular flexibility index (Phi) is 4.33. The molecule has 0 aliphatic rings. The minimum Gasteiger partial charge on any atom is -0.396 e. The highest BCUT2D eigenvalue weighted by Crippen LogP contribution is 2.04. The molecule has 0 aromatic heterocycles. The summed E-state index contributed by atoms with van der Waals surface area (Å²) in [5.41, 5.74) is 3.46. The van der Waals surface area contributed by atoms with Crippen LogP contribution in [0, 0.1) is 6.92 Å². The number of aliphatic hydroxyl groups is 1. The first kappa shape index (κ1) is 10.9. The molecule has 1 rings (SSSR count). The molecule has 0 atom stereocenters. The van der Waals surface area contributed by atoms with Crippen molar-refractivity contribution >= 4 is 5.71 Å². The average molecular weight is 191 g/mol. The molecule has 0 aliphatic carbocycles. The Balaban J connectivity index is 2.64. The Hall–Kier alpha value is -1.15. The highest BCUT2D eigenvalue weighted by Gasteiger charge is 1.95. The summed E-state index contributed by atoms with van der Waals surface area (Å²) in [6.07, 6.45) is 0.739. The molecule has 14 heavy (non-hydrogen) atoms. The Morgan fingerprint density at radius 2 is 1.93 bits per heavy atom. The molecule has 0 bridgehead atoms. The number of aryl methyl sites for hydroxylation is 1. The second-order valence-electron chi connectivity index (χ2n) is 3.41. The van der Waals surface area contributed by atoms with E-state index in [0.717, 1.165) is 17.7 Å². The molecule has 1 N–H and O–H groups in total. The Morgan fingerprint density at radius 1 is 1.29 bits per heavy atom. The van der Waals surface area contributed by atoms with Crippen LogP contribution in [0.25, 0.3) is 0 Å². The number of hydrogen-bond donors (Lipinski definition) is 1. The van der Waals surface area contributed by atoms with Crippen LogP contribution < -0.4 is 0 Å². The lowest BCUT2D eigenvalue weighted by atomic mass is 10.1. The third-order valence-corrected chi connectivity index (χ3v) is 2.13. The molecule has 0 saturated carbocycles. The fraction of sp³-hybridized carbons (Fsp3) is 0.417. The van der Waals surface area contributed by atoms with E-state index < -0.39 is 0 Å². The van der Waals surface area contributed by atoms with E-state index in [1.165, 1.54) is 5.56 Å². The summed E-state index contributed by atoms with van der Waals surface area (Å²) in [5.74, 6) is 0. The van der Waals surface area contributed by atoms with Crippen LogP contribution in [0.2, 0.25) is 0 Å². The van der Waals surface area contributed by atoms with E-state index in [-0.39, 0.29) is 6.61 Å². The van der Waals surface area contributed by atoms with Crippen molar-refractivity contribution in [3.8, 4) is 0 Å². The molecule has 0 fully saturated rings. The predicted molar refractivity (Wildman–Crippen MR) is 60.0 cm³/mol. The van der Waals surface area contributed by atoms with Crippen molar-refractivity contribution in [1.29, 1.82) is 0 Å². The molecule has 1 aromatic rings. The first-order valence-electron chi connectivity index (χ1n) is 4.93. The van der Waals surface area contributed by atoms with Crippen molar-refractivity contribution in [2.24, 2.45) is 4.99 Å². The van der Waals surface area contributed by atoms with E-state index in [4.69, 9.17) is 5.11 Å². The van der Waals surface area contributed by atoms with Crippen molar-refractivity contribution < 1.29 is 5.11 Å². The first-order valence-corrected chi connectivity index (χ1v) is 4.93. The summed E-state index contributed by atoms with van der Waals surface area (Å²) >= 11 is 0. The van der Waals surface area contributed by atoms with Gasteiger partial charge in [-0.25, -0.2) is 0 Å². The van der Waals surface area contributed by atoms with Crippen LogP contribution in [0.15, 0.2) is 29.3 Å². The molecule has 0 spiro atoms. The van der Waals surface area contributed by atoms with Crippen LogP contribution in [0.1, 0.15) is 24.5 Å². The number of nitrogens with zero attached hydrogens (tertiary/aromatic N) is 1. The zero-order valence-electron chi connectivity index (χ0n) is 8.83. The van der Waals surface area contributed by atoms with Gasteiger partial charge in [0.25, 0.3) is 0 Å². The lowest BCUT2D eigenvalue weighted by molar-refractivity contribution is 0.291. The van der Waals surface area contributed by atoms with Gasteiger partial charge in [-0.1, -0.05) is 29.8 Å². The van der Waals surface area contributed by atoms with Crippen LogP contribution >= 0.6 is 0 Å². The summed E-state index contributed by atoms with van der Waals surface area (Å²) in [7, 11) is 0. The Bertz CT molecular complexity index is 301. The lowest BCUT2D eigenvalue weighted by Gasteiger charge is -2.01. The van der Waals surface area contributed by atoms with Gasteiger partial charge < -0.3 is 5.11 Å². The van der Waals surface area contributed by atoms with Crippen molar-refractivity contribution in [3.63, 3.8) is 0 Å². The third-order valence-electron chi connectivity index (χ3n) is 2.13. The molecular formula is C12H17NO. The molecule has 2 nitrogen and oxygen atoms in total. The van der Waals surface area contributed by atoms with Gasteiger partial charge in [0.2, 0.25) is 0 Å². The molecule has 2 heteroatoms. The quantitative estimate of drug-likeness (QED) is 0.574. The zero-order chi connectivity index (χ0) is 10.4. The molecule has 1 aromatic carbocycles. The van der Waals surface area contributed by atoms with Crippen LogP contribution in [0.4, 0.5) is 0 Å². The largest absolute Gasteiger partial charge is 0.396 e. The smallest absolute Gasteiger partial charge is 0.0448 e. The van der Waals surface area contributed by atoms with Crippen molar-refractivity contribution in [3.05, 3.63) is 35.4 Å². The fourth-order valence-electron chi connectivity index (χ4n) is 1.20. The van der Waals surface area contributed by atoms with E-state index >= 15 is 0 Å². The van der Waals surface area contributed by atoms with Gasteiger partial charge in [0, 0.05) is 18.9 Å². The maximum atomic E-state index is 8.62. The van der Waals surface area contributed by atoms with Gasteiger partial charge in [0.1, 0.15) is 0 Å². The summed E-state index contributed by atoms with van der Waals surface area (Å²) in [4.78, 5) is 4.37. The molecule has 0 amide bonds. The summed E-state index contributed by atoms with van der Waals surface area (Å²) < 4.78 is 0. The summed E-state index contributed by atoms with van der Waals surface area (Å²) in [6, 6.07) is 8.32. The van der Waals surface area contributed by atoms with E-state index in [9.17, 15) is 0 Å². The molecule has 0 unspecified atom stereocenters. The minimum atomic E-state index is 0.213. The maximum absolute atomic E-state index is 8.62. The number of aliphatic hydroxyl groups excluding tert-OH is 1. The topological polar surface area (TPSA) is 32.6 Å². The van der Waals surface area contributed by atoms with Gasteiger partial charge >= 0.3 is 0 Å². The van der Waals surface area contributed by atoms with Gasteiger partial charge in [-0.3, -0.25) is 4.99 Å². The molecule has 0 aliphatic heterocycles. The molecule has 0 radical (unpaired) electrons. The molecule has 0 saturated heterocycles. The Morgan fingerprint density at radius 3 is 2.50 bits per heavy atom. The number of hydrogen-bond acceptors (Lipinski definition) is 2. The zero-order valence-corrected chi connectivity index (χ0v) is 8.83. The third kappa shape index (κ3) is 3.30. The van der Waals surface area contributed by atoms with Crippen molar-refractivity contribution in [1.82, 2.24) is 0 Å². The van der Waals surface area contributed by atoms with Crippen molar-refractivity contribution in [2.75, 3.05) is 13.2 Å². The van der Waals surface area contributed by atoms with E-state index in [1.54, 1.807) is 0 Å². The SMILES string of the molecule is CC(=NCCCO)c1ccc(C)cc1. The van der Waals surface area contributed by atoms with Crippen LogP contribution in [-0.2, 0) is 0 Å². The molecule has 0 heterocycles. The van der Waals surface area contributed by atoms with Gasteiger partial charge in [-0.15, -0.1) is 0 Å². The molecule has 76 valence electrons. The highest BCUT2D eigenvalue weighted by molar-refractivity contribution is 5.98. The van der Waals surface area contributed by atoms with Crippen LogP contribution in [0.3, 0.4) is 0 Å². The van der Waals surface area contributed by atoms with Crippen LogP contribution in [0.5, 0.6) is 0 Å². The average Bonchev–Trinajstić information content (AvgIpc) is 2.19. The maximum Gasteiger partial charge on any atom is 0.0448 e. The van der Waals surface area contributed by atoms with Gasteiger partial charge in [0.05, 0.1) is 0 Å². The second kappa shape index (κ2) is 5.55. The number of aliphatic imine (C=N–C) groups is 1. The second-order valence-corrected chi connectivity index (χ2v) is 3.41. The standard InChI is InChI=1S/C12H17NO/c1-10-4-6-12(7-5-10)11(2)13-8-3-9-14/h4-7,14H,3,8-9H2,1-2H3. The monoisotopic (exact) mass is 191 g/mol. The van der Waals surface area contributed by atoms with E-state index in [0.29, 0.717) is 6.54 Å². The lowest BCUT2D eigenvalue weighted by Crippen LogP contribution is -1.97. The van der Waals surface area contributed by atoms with E-state index in [2.05, 4.69) is 36.2 Å². The first-order chi connectivity index (χ1) is 6.74. The minimum absolute atomic E-state index is 0.213. The fourth-order valence-corrected chi connectivity index (χ4v) is 1.20. The highest BCUT2D eigenvalue weighted by atomic mass is 16.3. The summed E-state index contributed by atoms with van der Waals surface area (Å²) in [5, 5.41) is 8.62. The van der Waals surface area contributed by atoms with Gasteiger partial charge in [-0.05, 0) is 25.8 Å². The van der Waals surface area contributed by atoms with Gasteiger partial charge in [0.15, 0.2) is 0 Å². The number of benzene rings is 1. The van der Waals surface area contributed by atoms with Crippen LogP contribution in [-0.4, -0.2) is 24.0 Å². The molecular weight excluding hydrogens is 174 g/mol. The van der Waals surface area contributed by atoms with E-state index in [1.807, 2.05) is 6.92 Å². The summed E-state index contributed by atoms with van der Waals surface area (Å²) in [6.45, 7) is 4.99. The predicted octanol–water partition coefficient (Wildman–Crippen LogP) is 2.19. The van der Waals surface area contributed by atoms with Crippen molar-refractivity contribution in [2.45, 2.75) is 20.3 Å². The Labute approximate surface area is 85.3 Å². The number of rotatable bonds is 4. The normalized spacial score (nSPS) is 11.8. The van der Waals surface area contributed by atoms with Gasteiger partial charge in [-0.2, -0.15) is 0 Å².